The van der Waals surface area contributed by atoms with Crippen LogP contribution in [0.4, 0.5) is 5.69 Å². The monoisotopic (exact) mass is 366 g/mol. The van der Waals surface area contributed by atoms with Gasteiger partial charge < -0.3 is 10.1 Å². The summed E-state index contributed by atoms with van der Waals surface area (Å²) >= 11 is 1.22. The van der Waals surface area contributed by atoms with E-state index in [4.69, 9.17) is 4.74 Å². The van der Waals surface area contributed by atoms with Crippen LogP contribution >= 0.6 is 11.8 Å². The molecule has 0 unspecified atom stereocenters. The average Bonchev–Trinajstić information content (AvgIpc) is 2.61. The molecule has 1 saturated carbocycles. The van der Waals surface area contributed by atoms with E-state index >= 15 is 0 Å². The van der Waals surface area contributed by atoms with Crippen LogP contribution in [-0.2, 0) is 9.53 Å². The van der Waals surface area contributed by atoms with Gasteiger partial charge in [-0.3, -0.25) is 14.9 Å². The van der Waals surface area contributed by atoms with E-state index in [2.05, 4.69) is 12.2 Å². The Bertz CT molecular complexity index is 656. The molecule has 1 aliphatic carbocycles. The molecule has 1 aliphatic rings. The standard InChI is InChI=1S/C17H22N2O5S/c1-11-3-6-13(7-4-11)18-16(20)10-24-17(21)12-5-8-15(25-2)14(9-12)19(22)23/h5,8-9,11,13H,3-4,6-7,10H2,1-2H3,(H,18,20). The summed E-state index contributed by atoms with van der Waals surface area (Å²) in [5, 5.41) is 13.9. The molecule has 0 saturated heterocycles. The van der Waals surface area contributed by atoms with E-state index in [0.29, 0.717) is 10.8 Å². The molecule has 0 atom stereocenters. The van der Waals surface area contributed by atoms with Gasteiger partial charge in [0, 0.05) is 12.1 Å². The molecule has 0 spiro atoms. The molecule has 1 aromatic carbocycles. The molecular formula is C17H22N2O5S. The molecule has 25 heavy (non-hydrogen) atoms. The molecule has 1 amide bonds. The summed E-state index contributed by atoms with van der Waals surface area (Å²) < 4.78 is 4.98. The Kier molecular flexibility index (Phi) is 6.81. The highest BCUT2D eigenvalue weighted by Crippen LogP contribution is 2.28. The highest BCUT2D eigenvalue weighted by atomic mass is 32.2. The topological polar surface area (TPSA) is 98.5 Å². The maximum atomic E-state index is 12.0. The van der Waals surface area contributed by atoms with Crippen molar-refractivity contribution < 1.29 is 19.2 Å². The van der Waals surface area contributed by atoms with Crippen molar-refractivity contribution in [2.45, 2.75) is 43.5 Å². The van der Waals surface area contributed by atoms with Crippen LogP contribution in [0.5, 0.6) is 0 Å². The van der Waals surface area contributed by atoms with E-state index in [0.717, 1.165) is 25.7 Å². The second-order valence-electron chi connectivity index (χ2n) is 6.24. The van der Waals surface area contributed by atoms with Crippen molar-refractivity contribution in [3.8, 4) is 0 Å². The lowest BCUT2D eigenvalue weighted by molar-refractivity contribution is -0.387. The summed E-state index contributed by atoms with van der Waals surface area (Å²) in [5.74, 6) is -0.405. The van der Waals surface area contributed by atoms with Gasteiger partial charge in [0.2, 0.25) is 0 Å². The summed E-state index contributed by atoms with van der Waals surface area (Å²) in [5.41, 5.74) is -0.0912. The summed E-state index contributed by atoms with van der Waals surface area (Å²) in [6.07, 6.45) is 5.75. The van der Waals surface area contributed by atoms with Crippen molar-refractivity contribution in [1.82, 2.24) is 5.32 Å². The number of nitrogens with zero attached hydrogens (tertiary/aromatic N) is 1. The van der Waals surface area contributed by atoms with Crippen molar-refractivity contribution in [1.29, 1.82) is 0 Å². The fourth-order valence-corrected chi connectivity index (χ4v) is 3.39. The highest BCUT2D eigenvalue weighted by molar-refractivity contribution is 7.98. The summed E-state index contributed by atoms with van der Waals surface area (Å²) in [6.45, 7) is 1.81. The number of nitro groups is 1. The predicted octanol–water partition coefficient (Wildman–Crippen LogP) is 3.17. The molecule has 1 fully saturated rings. The minimum Gasteiger partial charge on any atom is -0.452 e. The molecule has 8 heteroatoms. The highest BCUT2D eigenvalue weighted by Gasteiger charge is 2.21. The Morgan fingerprint density at radius 3 is 2.60 bits per heavy atom. The molecular weight excluding hydrogens is 344 g/mol. The lowest BCUT2D eigenvalue weighted by Crippen LogP contribution is -2.39. The zero-order valence-corrected chi connectivity index (χ0v) is 15.1. The van der Waals surface area contributed by atoms with E-state index < -0.39 is 10.9 Å². The van der Waals surface area contributed by atoms with Gasteiger partial charge in [0.05, 0.1) is 15.4 Å². The third-order valence-electron chi connectivity index (χ3n) is 4.33. The Hall–Kier alpha value is -2.09. The summed E-state index contributed by atoms with van der Waals surface area (Å²) in [4.78, 5) is 34.9. The molecule has 1 N–H and O–H groups in total. The zero-order valence-electron chi connectivity index (χ0n) is 14.3. The second-order valence-corrected chi connectivity index (χ2v) is 7.09. The molecule has 1 aromatic rings. The number of esters is 1. The maximum absolute atomic E-state index is 12.0. The first-order valence-corrected chi connectivity index (χ1v) is 9.42. The number of carbonyl (C=O) groups excluding carboxylic acids is 2. The van der Waals surface area contributed by atoms with Crippen LogP contribution in [0.1, 0.15) is 43.0 Å². The van der Waals surface area contributed by atoms with Crippen molar-refractivity contribution in [2.75, 3.05) is 12.9 Å². The zero-order chi connectivity index (χ0) is 18.4. The quantitative estimate of drug-likeness (QED) is 0.359. The number of hydrogen-bond donors (Lipinski definition) is 1. The minimum absolute atomic E-state index is 0.0591. The fraction of sp³-hybridized carbons (Fsp3) is 0.529. The second kappa shape index (κ2) is 8.84. The number of nitro benzene ring substituents is 1. The first-order valence-electron chi connectivity index (χ1n) is 8.19. The predicted molar refractivity (Wildman–Crippen MR) is 94.7 cm³/mol. The van der Waals surface area contributed by atoms with Crippen molar-refractivity contribution in [3.05, 3.63) is 33.9 Å². The minimum atomic E-state index is -0.747. The first kappa shape index (κ1) is 19.2. The van der Waals surface area contributed by atoms with Crippen LogP contribution in [0.25, 0.3) is 0 Å². The number of thioether (sulfide) groups is 1. The largest absolute Gasteiger partial charge is 0.452 e. The molecule has 0 aromatic heterocycles. The smallest absolute Gasteiger partial charge is 0.338 e. The van der Waals surface area contributed by atoms with Crippen LogP contribution in [0, 0.1) is 16.0 Å². The molecule has 7 nitrogen and oxygen atoms in total. The molecule has 136 valence electrons. The van der Waals surface area contributed by atoms with Gasteiger partial charge in [-0.1, -0.05) is 6.92 Å². The van der Waals surface area contributed by atoms with Crippen LogP contribution in [0.15, 0.2) is 23.1 Å². The van der Waals surface area contributed by atoms with E-state index in [1.807, 2.05) is 0 Å². The molecule has 0 heterocycles. The number of carbonyl (C=O) groups is 2. The van der Waals surface area contributed by atoms with Gasteiger partial charge in [0.25, 0.3) is 11.6 Å². The van der Waals surface area contributed by atoms with Gasteiger partial charge in [-0.05, 0) is 50.0 Å². The number of hydrogen-bond acceptors (Lipinski definition) is 6. The molecule has 0 radical (unpaired) electrons. The molecule has 0 bridgehead atoms. The van der Waals surface area contributed by atoms with Gasteiger partial charge in [-0.15, -0.1) is 11.8 Å². The van der Waals surface area contributed by atoms with Gasteiger partial charge in [0.15, 0.2) is 6.61 Å². The third kappa shape index (κ3) is 5.45. The summed E-state index contributed by atoms with van der Waals surface area (Å²) in [7, 11) is 0. The van der Waals surface area contributed by atoms with Gasteiger partial charge >= 0.3 is 5.97 Å². The molecule has 2 rings (SSSR count). The number of amides is 1. The van der Waals surface area contributed by atoms with E-state index in [-0.39, 0.29) is 29.8 Å². The number of nitrogens with one attached hydrogen (secondary N) is 1. The van der Waals surface area contributed by atoms with Gasteiger partial charge in [-0.2, -0.15) is 0 Å². The van der Waals surface area contributed by atoms with Crippen molar-refractivity contribution in [2.24, 2.45) is 5.92 Å². The summed E-state index contributed by atoms with van der Waals surface area (Å²) in [6, 6.07) is 4.27. The first-order chi connectivity index (χ1) is 11.9. The third-order valence-corrected chi connectivity index (χ3v) is 5.11. The normalized spacial score (nSPS) is 19.9. The van der Waals surface area contributed by atoms with Crippen LogP contribution < -0.4 is 5.32 Å². The van der Waals surface area contributed by atoms with Crippen LogP contribution in [0.3, 0.4) is 0 Å². The average molecular weight is 366 g/mol. The maximum Gasteiger partial charge on any atom is 0.338 e. The van der Waals surface area contributed by atoms with E-state index in [1.165, 1.54) is 30.0 Å². The lowest BCUT2D eigenvalue weighted by atomic mass is 9.87. The number of ether oxygens (including phenoxy) is 1. The fourth-order valence-electron chi connectivity index (χ4n) is 2.85. The molecule has 0 aliphatic heterocycles. The Morgan fingerprint density at radius 1 is 1.32 bits per heavy atom. The number of rotatable bonds is 6. The Balaban J connectivity index is 1.88. The van der Waals surface area contributed by atoms with E-state index in [1.54, 1.807) is 6.26 Å². The van der Waals surface area contributed by atoms with Crippen LogP contribution in [0.2, 0.25) is 0 Å². The number of benzene rings is 1. The van der Waals surface area contributed by atoms with Gasteiger partial charge in [-0.25, -0.2) is 4.79 Å². The lowest BCUT2D eigenvalue weighted by Gasteiger charge is -2.26. The van der Waals surface area contributed by atoms with Gasteiger partial charge in [0.1, 0.15) is 0 Å². The van der Waals surface area contributed by atoms with Crippen molar-refractivity contribution in [3.63, 3.8) is 0 Å². The van der Waals surface area contributed by atoms with Crippen molar-refractivity contribution >= 4 is 29.3 Å². The van der Waals surface area contributed by atoms with Crippen LogP contribution in [-0.4, -0.2) is 35.7 Å². The van der Waals surface area contributed by atoms with E-state index in [9.17, 15) is 19.7 Å². The SMILES string of the molecule is CSc1ccc(C(=O)OCC(=O)NC2CCC(C)CC2)cc1[N+](=O)[O-]. The Labute approximate surface area is 150 Å². The Morgan fingerprint density at radius 2 is 2.00 bits per heavy atom.